The lowest BCUT2D eigenvalue weighted by Crippen LogP contribution is -2.33. The number of likely N-dealkylation sites (tertiary alicyclic amines) is 1. The largest absolute Gasteiger partial charge is 0.497 e. The lowest BCUT2D eigenvalue weighted by atomic mass is 10.1. The summed E-state index contributed by atoms with van der Waals surface area (Å²) in [5.41, 5.74) is 1.85. The number of benzene rings is 2. The highest BCUT2D eigenvalue weighted by Gasteiger charge is 2.25. The molecule has 1 aliphatic heterocycles. The SMILES string of the molecule is COc1ccc(-n2c(SCc3ccc(OC)c(F)c3)nnc2C(C)N2CCCCC2)cc1. The van der Waals surface area contributed by atoms with Crippen LogP contribution in [-0.4, -0.2) is 47.0 Å². The smallest absolute Gasteiger partial charge is 0.196 e. The van der Waals surface area contributed by atoms with Crippen LogP contribution in [0, 0.1) is 5.82 Å². The van der Waals surface area contributed by atoms with E-state index in [0.29, 0.717) is 5.75 Å². The maximum Gasteiger partial charge on any atom is 0.196 e. The van der Waals surface area contributed by atoms with Crippen molar-refractivity contribution < 1.29 is 13.9 Å². The summed E-state index contributed by atoms with van der Waals surface area (Å²) in [5, 5.41) is 9.90. The lowest BCUT2D eigenvalue weighted by Gasteiger charge is -2.31. The maximum atomic E-state index is 14.1. The molecule has 0 amide bonds. The molecule has 1 aromatic heterocycles. The topological polar surface area (TPSA) is 52.4 Å². The van der Waals surface area contributed by atoms with Gasteiger partial charge in [0.15, 0.2) is 22.5 Å². The third-order valence-electron chi connectivity index (χ3n) is 5.89. The molecule has 8 heteroatoms. The van der Waals surface area contributed by atoms with Crippen LogP contribution >= 0.6 is 11.8 Å². The molecule has 1 saturated heterocycles. The minimum absolute atomic E-state index is 0.151. The van der Waals surface area contributed by atoms with Gasteiger partial charge in [0.2, 0.25) is 0 Å². The van der Waals surface area contributed by atoms with E-state index in [1.165, 1.54) is 32.4 Å². The molecule has 0 saturated carbocycles. The number of hydrogen-bond donors (Lipinski definition) is 0. The predicted molar refractivity (Wildman–Crippen MR) is 124 cm³/mol. The monoisotopic (exact) mass is 456 g/mol. The van der Waals surface area contributed by atoms with Gasteiger partial charge in [0, 0.05) is 11.4 Å². The number of rotatable bonds is 8. The van der Waals surface area contributed by atoms with Crippen LogP contribution in [0.25, 0.3) is 5.69 Å². The van der Waals surface area contributed by atoms with Crippen molar-refractivity contribution in [2.45, 2.75) is 43.1 Å². The molecular weight excluding hydrogens is 427 g/mol. The number of methoxy groups -OCH3 is 2. The molecule has 0 bridgehead atoms. The van der Waals surface area contributed by atoms with Crippen molar-refractivity contribution in [1.82, 2.24) is 19.7 Å². The van der Waals surface area contributed by atoms with Crippen molar-refractivity contribution in [1.29, 1.82) is 0 Å². The summed E-state index contributed by atoms with van der Waals surface area (Å²) in [4.78, 5) is 2.47. The zero-order valence-electron chi connectivity index (χ0n) is 18.8. The van der Waals surface area contributed by atoms with E-state index >= 15 is 0 Å². The third kappa shape index (κ3) is 4.91. The van der Waals surface area contributed by atoms with Gasteiger partial charge in [-0.2, -0.15) is 0 Å². The van der Waals surface area contributed by atoms with E-state index in [1.807, 2.05) is 30.3 Å². The van der Waals surface area contributed by atoms with Gasteiger partial charge in [-0.1, -0.05) is 24.2 Å². The van der Waals surface area contributed by atoms with E-state index in [9.17, 15) is 4.39 Å². The van der Waals surface area contributed by atoms with Crippen LogP contribution < -0.4 is 9.47 Å². The standard InChI is InChI=1S/C24H29FN4O2S/c1-17(28-13-5-4-6-14-28)23-26-27-24(29(23)19-8-10-20(30-2)11-9-19)32-16-18-7-12-22(31-3)21(25)15-18/h7-12,15,17H,4-6,13-14,16H2,1-3H3. The van der Waals surface area contributed by atoms with E-state index in [4.69, 9.17) is 9.47 Å². The first-order valence-electron chi connectivity index (χ1n) is 10.9. The van der Waals surface area contributed by atoms with Crippen molar-refractivity contribution in [3.63, 3.8) is 0 Å². The second-order valence-corrected chi connectivity index (χ2v) is 8.85. The van der Waals surface area contributed by atoms with Gasteiger partial charge in [0.25, 0.3) is 0 Å². The third-order valence-corrected chi connectivity index (χ3v) is 6.89. The molecule has 0 aliphatic carbocycles. The molecule has 2 aromatic carbocycles. The number of piperidine rings is 1. The van der Waals surface area contributed by atoms with Crippen LogP contribution in [0.15, 0.2) is 47.6 Å². The summed E-state index contributed by atoms with van der Waals surface area (Å²) in [6, 6.07) is 13.1. The Kier molecular flexibility index (Phi) is 7.32. The quantitative estimate of drug-likeness (QED) is 0.431. The van der Waals surface area contributed by atoms with Crippen molar-refractivity contribution >= 4 is 11.8 Å². The number of ether oxygens (including phenoxy) is 2. The fourth-order valence-electron chi connectivity index (χ4n) is 4.04. The van der Waals surface area contributed by atoms with Gasteiger partial charge in [-0.15, -0.1) is 10.2 Å². The minimum Gasteiger partial charge on any atom is -0.497 e. The second-order valence-electron chi connectivity index (χ2n) is 7.90. The highest BCUT2D eigenvalue weighted by molar-refractivity contribution is 7.98. The molecule has 0 N–H and O–H groups in total. The maximum absolute atomic E-state index is 14.1. The molecule has 2 heterocycles. The molecule has 6 nitrogen and oxygen atoms in total. The highest BCUT2D eigenvalue weighted by atomic mass is 32.2. The van der Waals surface area contributed by atoms with Crippen LogP contribution in [0.5, 0.6) is 11.5 Å². The van der Waals surface area contributed by atoms with Gasteiger partial charge in [0.1, 0.15) is 5.75 Å². The van der Waals surface area contributed by atoms with E-state index in [1.54, 1.807) is 24.9 Å². The Morgan fingerprint density at radius 2 is 1.75 bits per heavy atom. The minimum atomic E-state index is -0.360. The Balaban J connectivity index is 1.63. The molecule has 1 fully saturated rings. The van der Waals surface area contributed by atoms with Gasteiger partial charge in [-0.05, 0) is 74.8 Å². The molecule has 3 aromatic rings. The van der Waals surface area contributed by atoms with E-state index < -0.39 is 0 Å². The summed E-state index contributed by atoms with van der Waals surface area (Å²) in [5.74, 6) is 2.18. The second kappa shape index (κ2) is 10.4. The van der Waals surface area contributed by atoms with Gasteiger partial charge < -0.3 is 9.47 Å². The fourth-order valence-corrected chi connectivity index (χ4v) is 4.94. The van der Waals surface area contributed by atoms with Gasteiger partial charge in [-0.3, -0.25) is 9.47 Å². The number of nitrogens with zero attached hydrogens (tertiary/aromatic N) is 4. The predicted octanol–water partition coefficient (Wildman–Crippen LogP) is 5.26. The Morgan fingerprint density at radius 3 is 2.41 bits per heavy atom. The first kappa shape index (κ1) is 22.6. The van der Waals surface area contributed by atoms with Gasteiger partial charge in [-0.25, -0.2) is 4.39 Å². The Labute approximate surface area is 192 Å². The van der Waals surface area contributed by atoms with Crippen molar-refractivity contribution in [2.24, 2.45) is 0 Å². The first-order valence-corrected chi connectivity index (χ1v) is 11.9. The summed E-state index contributed by atoms with van der Waals surface area (Å²) < 4.78 is 26.6. The number of thioether (sulfide) groups is 1. The van der Waals surface area contributed by atoms with E-state index in [0.717, 1.165) is 41.1 Å². The Hall–Kier alpha value is -2.58. The van der Waals surface area contributed by atoms with Crippen molar-refractivity contribution in [3.8, 4) is 17.2 Å². The summed E-state index contributed by atoms with van der Waals surface area (Å²) in [6.45, 7) is 4.34. The molecule has 4 rings (SSSR count). The molecule has 0 spiro atoms. The number of aromatic nitrogens is 3. The van der Waals surface area contributed by atoms with Crippen LogP contribution in [0.2, 0.25) is 0 Å². The highest BCUT2D eigenvalue weighted by Crippen LogP contribution is 2.32. The van der Waals surface area contributed by atoms with Gasteiger partial charge in [0.05, 0.1) is 20.3 Å². The zero-order chi connectivity index (χ0) is 22.5. The van der Waals surface area contributed by atoms with Crippen molar-refractivity contribution in [3.05, 3.63) is 59.7 Å². The summed E-state index contributed by atoms with van der Waals surface area (Å²) in [6.07, 6.45) is 3.71. The molecule has 1 aliphatic rings. The van der Waals surface area contributed by atoms with E-state index in [2.05, 4.69) is 26.6 Å². The average molecular weight is 457 g/mol. The average Bonchev–Trinajstić information content (AvgIpc) is 3.27. The van der Waals surface area contributed by atoms with Crippen LogP contribution in [-0.2, 0) is 5.75 Å². The Bertz CT molecular complexity index is 1030. The van der Waals surface area contributed by atoms with Gasteiger partial charge >= 0.3 is 0 Å². The first-order chi connectivity index (χ1) is 15.6. The fraction of sp³-hybridized carbons (Fsp3) is 0.417. The van der Waals surface area contributed by atoms with E-state index in [-0.39, 0.29) is 17.6 Å². The molecule has 1 atom stereocenters. The molecule has 32 heavy (non-hydrogen) atoms. The summed E-state index contributed by atoms with van der Waals surface area (Å²) >= 11 is 1.54. The normalized spacial score (nSPS) is 15.5. The van der Waals surface area contributed by atoms with Crippen LogP contribution in [0.1, 0.15) is 43.6 Å². The van der Waals surface area contributed by atoms with Crippen LogP contribution in [0.3, 0.4) is 0 Å². The number of halogens is 1. The lowest BCUT2D eigenvalue weighted by molar-refractivity contribution is 0.167. The molecule has 1 unspecified atom stereocenters. The Morgan fingerprint density at radius 1 is 1.00 bits per heavy atom. The molecule has 0 radical (unpaired) electrons. The van der Waals surface area contributed by atoms with Crippen molar-refractivity contribution in [2.75, 3.05) is 27.3 Å². The molecular formula is C24H29FN4O2S. The zero-order valence-corrected chi connectivity index (χ0v) is 19.6. The summed E-state index contributed by atoms with van der Waals surface area (Å²) in [7, 11) is 3.13. The number of hydrogen-bond acceptors (Lipinski definition) is 6. The van der Waals surface area contributed by atoms with Crippen LogP contribution in [0.4, 0.5) is 4.39 Å². The molecule has 170 valence electrons.